The minimum absolute atomic E-state index is 0.155. The van der Waals surface area contributed by atoms with Gasteiger partial charge >= 0.3 is 0 Å². The molecular formula is C14H13ClFNO3S. The monoisotopic (exact) mass is 329 g/mol. The van der Waals surface area contributed by atoms with Crippen LogP contribution in [-0.2, 0) is 22.4 Å². The minimum atomic E-state index is -3.65. The van der Waals surface area contributed by atoms with Gasteiger partial charge in [0.1, 0.15) is 5.82 Å². The van der Waals surface area contributed by atoms with Crippen molar-refractivity contribution in [1.29, 1.82) is 0 Å². The first-order chi connectivity index (χ1) is 9.89. The maximum atomic E-state index is 13.0. The Balaban J connectivity index is 2.16. The lowest BCUT2D eigenvalue weighted by Crippen LogP contribution is -2.15. The molecule has 0 saturated heterocycles. The van der Waals surface area contributed by atoms with Crippen molar-refractivity contribution in [3.8, 4) is 0 Å². The van der Waals surface area contributed by atoms with Gasteiger partial charge in [0.2, 0.25) is 10.0 Å². The highest BCUT2D eigenvalue weighted by Crippen LogP contribution is 2.21. The van der Waals surface area contributed by atoms with E-state index in [9.17, 15) is 12.8 Å². The van der Waals surface area contributed by atoms with Crippen LogP contribution in [0.1, 0.15) is 11.1 Å². The molecular weight excluding hydrogens is 317 g/mol. The topological polar surface area (TPSA) is 66.4 Å². The Labute approximate surface area is 127 Å². The van der Waals surface area contributed by atoms with Crippen LogP contribution in [-0.4, -0.2) is 13.5 Å². The van der Waals surface area contributed by atoms with Crippen LogP contribution in [0.25, 0.3) is 0 Å². The van der Waals surface area contributed by atoms with E-state index in [1.54, 1.807) is 24.3 Å². The van der Waals surface area contributed by atoms with Crippen molar-refractivity contribution in [2.24, 2.45) is 0 Å². The Morgan fingerprint density at radius 2 is 1.86 bits per heavy atom. The van der Waals surface area contributed by atoms with Crippen LogP contribution in [0.2, 0.25) is 5.02 Å². The van der Waals surface area contributed by atoms with Gasteiger partial charge in [-0.05, 0) is 29.3 Å². The van der Waals surface area contributed by atoms with Crippen molar-refractivity contribution in [3.05, 3.63) is 64.4 Å². The van der Waals surface area contributed by atoms with Crippen LogP contribution in [0.4, 0.5) is 10.1 Å². The Morgan fingerprint density at radius 1 is 1.14 bits per heavy atom. The van der Waals surface area contributed by atoms with Crippen molar-refractivity contribution in [2.75, 3.05) is 4.72 Å². The molecule has 4 nitrogen and oxygen atoms in total. The van der Waals surface area contributed by atoms with E-state index < -0.39 is 15.8 Å². The highest BCUT2D eigenvalue weighted by atomic mass is 35.5. The largest absolute Gasteiger partial charge is 0.392 e. The predicted molar refractivity (Wildman–Crippen MR) is 80.0 cm³/mol. The number of aliphatic hydroxyl groups is 1. The average Bonchev–Trinajstić information content (AvgIpc) is 2.42. The summed E-state index contributed by atoms with van der Waals surface area (Å²) in [7, 11) is -3.65. The minimum Gasteiger partial charge on any atom is -0.392 e. The molecule has 0 unspecified atom stereocenters. The summed E-state index contributed by atoms with van der Waals surface area (Å²) in [5.74, 6) is -0.870. The van der Waals surface area contributed by atoms with Gasteiger partial charge in [0.05, 0.1) is 23.1 Å². The zero-order chi connectivity index (χ0) is 15.5. The van der Waals surface area contributed by atoms with E-state index in [2.05, 4.69) is 4.72 Å². The van der Waals surface area contributed by atoms with E-state index in [0.717, 1.165) is 6.07 Å². The molecule has 2 aromatic carbocycles. The highest BCUT2D eigenvalue weighted by Gasteiger charge is 2.13. The molecule has 2 aromatic rings. The van der Waals surface area contributed by atoms with Gasteiger partial charge in [-0.25, -0.2) is 12.8 Å². The fraction of sp³-hybridized carbons (Fsp3) is 0.143. The Morgan fingerprint density at radius 3 is 2.52 bits per heavy atom. The Bertz CT molecular complexity index is 750. The van der Waals surface area contributed by atoms with E-state index in [1.165, 1.54) is 12.1 Å². The second-order valence-electron chi connectivity index (χ2n) is 4.47. The number of halogens is 2. The normalized spacial score (nSPS) is 11.4. The van der Waals surface area contributed by atoms with Crippen molar-refractivity contribution in [2.45, 2.75) is 12.4 Å². The first-order valence-electron chi connectivity index (χ1n) is 6.04. The van der Waals surface area contributed by atoms with Crippen LogP contribution in [0.15, 0.2) is 42.5 Å². The van der Waals surface area contributed by atoms with Crippen molar-refractivity contribution in [3.63, 3.8) is 0 Å². The number of nitrogens with one attached hydrogen (secondary N) is 1. The van der Waals surface area contributed by atoms with Crippen molar-refractivity contribution < 1.29 is 17.9 Å². The summed E-state index contributed by atoms with van der Waals surface area (Å²) in [5.41, 5.74) is 1.37. The summed E-state index contributed by atoms with van der Waals surface area (Å²) in [6.07, 6.45) is 0. The zero-order valence-corrected chi connectivity index (χ0v) is 12.5. The lowest BCUT2D eigenvalue weighted by Gasteiger charge is -2.09. The van der Waals surface area contributed by atoms with Gasteiger partial charge in [-0.15, -0.1) is 0 Å². The number of rotatable bonds is 5. The molecule has 0 spiro atoms. The van der Waals surface area contributed by atoms with Gasteiger partial charge in [-0.3, -0.25) is 4.72 Å². The third kappa shape index (κ3) is 4.42. The molecule has 112 valence electrons. The molecule has 0 aliphatic heterocycles. The molecule has 0 heterocycles. The smallest absolute Gasteiger partial charge is 0.236 e. The highest BCUT2D eigenvalue weighted by molar-refractivity contribution is 7.91. The van der Waals surface area contributed by atoms with Crippen molar-refractivity contribution in [1.82, 2.24) is 0 Å². The maximum Gasteiger partial charge on any atom is 0.236 e. The second kappa shape index (κ2) is 6.43. The average molecular weight is 330 g/mol. The standard InChI is InChI=1S/C14H13ClFNO3S/c15-13-7-12(4-5-14(13)16)17-21(19,20)9-11-3-1-2-10(6-11)8-18/h1-7,17-18H,8-9H2. The molecule has 0 bridgehead atoms. The molecule has 0 saturated carbocycles. The molecule has 0 radical (unpaired) electrons. The van der Waals surface area contributed by atoms with E-state index >= 15 is 0 Å². The van der Waals surface area contributed by atoms with Crippen LogP contribution in [0.3, 0.4) is 0 Å². The van der Waals surface area contributed by atoms with Crippen LogP contribution in [0, 0.1) is 5.82 Å². The van der Waals surface area contributed by atoms with Crippen LogP contribution < -0.4 is 4.72 Å². The van der Waals surface area contributed by atoms with Gasteiger partial charge in [-0.2, -0.15) is 0 Å². The molecule has 0 atom stereocenters. The number of hydrogen-bond donors (Lipinski definition) is 2. The predicted octanol–water partition coefficient (Wildman–Crippen LogP) is 2.91. The molecule has 0 aromatic heterocycles. The first kappa shape index (κ1) is 15.8. The van der Waals surface area contributed by atoms with E-state index in [-0.39, 0.29) is 23.1 Å². The van der Waals surface area contributed by atoms with Crippen LogP contribution in [0.5, 0.6) is 0 Å². The van der Waals surface area contributed by atoms with Gasteiger partial charge in [0.15, 0.2) is 0 Å². The van der Waals surface area contributed by atoms with E-state index in [0.29, 0.717) is 11.1 Å². The molecule has 0 aliphatic carbocycles. The number of aliphatic hydroxyl groups excluding tert-OH is 1. The van der Waals surface area contributed by atoms with Gasteiger partial charge < -0.3 is 5.11 Å². The third-order valence-electron chi connectivity index (χ3n) is 2.72. The lowest BCUT2D eigenvalue weighted by molar-refractivity contribution is 0.282. The molecule has 21 heavy (non-hydrogen) atoms. The summed E-state index contributed by atoms with van der Waals surface area (Å²) in [5, 5.41) is 8.88. The summed E-state index contributed by atoms with van der Waals surface area (Å²) in [4.78, 5) is 0. The Kier molecular flexibility index (Phi) is 4.82. The maximum absolute atomic E-state index is 13.0. The fourth-order valence-electron chi connectivity index (χ4n) is 1.81. The van der Waals surface area contributed by atoms with Crippen LogP contribution >= 0.6 is 11.6 Å². The summed E-state index contributed by atoms with van der Waals surface area (Å²) in [6.45, 7) is -0.158. The molecule has 0 aliphatic rings. The van der Waals surface area contributed by atoms with Gasteiger partial charge in [0.25, 0.3) is 0 Å². The van der Waals surface area contributed by atoms with Gasteiger partial charge in [-0.1, -0.05) is 35.9 Å². The van der Waals surface area contributed by atoms with E-state index in [4.69, 9.17) is 16.7 Å². The SMILES string of the molecule is O=S(=O)(Cc1cccc(CO)c1)Nc1ccc(F)c(Cl)c1. The molecule has 2 rings (SSSR count). The zero-order valence-electron chi connectivity index (χ0n) is 10.9. The first-order valence-corrected chi connectivity index (χ1v) is 8.07. The second-order valence-corrected chi connectivity index (χ2v) is 6.60. The number of hydrogen-bond acceptors (Lipinski definition) is 3. The molecule has 0 amide bonds. The summed E-state index contributed by atoms with van der Waals surface area (Å²) >= 11 is 5.60. The fourth-order valence-corrected chi connectivity index (χ4v) is 3.17. The van der Waals surface area contributed by atoms with E-state index in [1.807, 2.05) is 0 Å². The summed E-state index contributed by atoms with van der Waals surface area (Å²) < 4.78 is 39.5. The van der Waals surface area contributed by atoms with Gasteiger partial charge in [0, 0.05) is 0 Å². The summed E-state index contributed by atoms with van der Waals surface area (Å²) in [6, 6.07) is 10.2. The Hall–Kier alpha value is -1.63. The molecule has 0 fully saturated rings. The van der Waals surface area contributed by atoms with Crippen molar-refractivity contribution >= 4 is 27.3 Å². The quantitative estimate of drug-likeness (QED) is 0.886. The molecule has 7 heteroatoms. The number of sulfonamides is 1. The lowest BCUT2D eigenvalue weighted by atomic mass is 10.1. The third-order valence-corrected chi connectivity index (χ3v) is 4.27. The number of anilines is 1. The molecule has 2 N–H and O–H groups in total. The number of benzene rings is 2.